The predicted molar refractivity (Wildman–Crippen MR) is 125 cm³/mol. The number of carbonyl (C=O) groups is 1. The van der Waals surface area contributed by atoms with Gasteiger partial charge in [-0.3, -0.25) is 13.8 Å². The van der Waals surface area contributed by atoms with E-state index in [-0.39, 0.29) is 22.5 Å². The first kappa shape index (κ1) is 29.5. The maximum Gasteiger partial charge on any atom is 0.472 e. The van der Waals surface area contributed by atoms with Crippen molar-refractivity contribution in [2.24, 2.45) is 5.73 Å². The average molecular weight is 627 g/mol. The second-order valence-electron chi connectivity index (χ2n) is 7.30. The summed E-state index contributed by atoms with van der Waals surface area (Å²) < 4.78 is 99.7. The molecule has 9 nitrogen and oxygen atoms in total. The Bertz CT molecular complexity index is 1380. The lowest BCUT2D eigenvalue weighted by molar-refractivity contribution is -0.137. The molecule has 2 atom stereocenters. The van der Waals surface area contributed by atoms with Crippen LogP contribution < -0.4 is 10.5 Å². The van der Waals surface area contributed by atoms with Crippen molar-refractivity contribution in [3.63, 3.8) is 0 Å². The molecule has 3 rings (SSSR count). The Morgan fingerprint density at radius 1 is 1.21 bits per heavy atom. The highest BCUT2D eigenvalue weighted by molar-refractivity contribution is 9.10. The fourth-order valence-corrected chi connectivity index (χ4v) is 4.13. The quantitative estimate of drug-likeness (QED) is 0.152. The number of hydrogen-bond acceptors (Lipinski definition) is 7. The van der Waals surface area contributed by atoms with Gasteiger partial charge >= 0.3 is 14.0 Å². The molecule has 0 spiro atoms. The highest BCUT2D eigenvalue weighted by atomic mass is 79.9. The smallest absolute Gasteiger partial charge is 0.472 e. The number of nitrogens with two attached hydrogens (primary N) is 1. The van der Waals surface area contributed by atoms with E-state index in [0.29, 0.717) is 6.07 Å². The Labute approximate surface area is 219 Å². The van der Waals surface area contributed by atoms with Gasteiger partial charge in [-0.15, -0.1) is 6.58 Å². The Morgan fingerprint density at radius 2 is 1.87 bits per heavy atom. The molecule has 0 saturated carbocycles. The van der Waals surface area contributed by atoms with Gasteiger partial charge in [0.1, 0.15) is 23.7 Å². The molecule has 2 aromatic carbocycles. The normalized spacial score (nSPS) is 14.1. The zero-order valence-electron chi connectivity index (χ0n) is 18.9. The summed E-state index contributed by atoms with van der Waals surface area (Å²) >= 11 is 3.07. The van der Waals surface area contributed by atoms with Gasteiger partial charge in [-0.05, 0) is 40.2 Å². The lowest BCUT2D eigenvalue weighted by Gasteiger charge is -2.19. The number of phosphoric acid groups is 1. The number of alkyl halides is 3. The highest BCUT2D eigenvalue weighted by Gasteiger charge is 2.32. The van der Waals surface area contributed by atoms with Crippen molar-refractivity contribution in [3.05, 3.63) is 82.4 Å². The summed E-state index contributed by atoms with van der Waals surface area (Å²) in [5.74, 6) is -5.30. The maximum absolute atomic E-state index is 14.8. The van der Waals surface area contributed by atoms with E-state index in [9.17, 15) is 36.2 Å². The zero-order valence-corrected chi connectivity index (χ0v) is 21.4. The Balaban J connectivity index is 1.99. The molecule has 1 aromatic heterocycles. The van der Waals surface area contributed by atoms with Crippen molar-refractivity contribution < 1.29 is 54.4 Å². The van der Waals surface area contributed by atoms with Crippen molar-refractivity contribution in [3.8, 4) is 17.0 Å². The first-order valence-corrected chi connectivity index (χ1v) is 12.5. The van der Waals surface area contributed by atoms with Gasteiger partial charge in [-0.25, -0.2) is 18.3 Å². The molecule has 0 radical (unpaired) electrons. The maximum atomic E-state index is 14.8. The van der Waals surface area contributed by atoms with E-state index in [4.69, 9.17) is 19.4 Å². The van der Waals surface area contributed by atoms with Gasteiger partial charge in [0.2, 0.25) is 5.89 Å². The molecule has 0 fully saturated rings. The third-order valence-electron chi connectivity index (χ3n) is 4.68. The standard InChI is InChI=1S/C22H17BrF5N2O7P/c1-2-9-34-38(32,33)35-10-15(36-14-8-7-13(24)16(17(14)25)20(29)31)21-30-18(19(23)37-21)11-3-5-12(6-4-11)22(26,27)28/h2-8,15H,1,9-10H2,(H2,29,31)(H,32,33). The monoisotopic (exact) mass is 626 g/mol. The molecule has 0 aliphatic carbocycles. The molecule has 0 aliphatic rings. The molecule has 204 valence electrons. The van der Waals surface area contributed by atoms with E-state index in [2.05, 4.69) is 32.0 Å². The Morgan fingerprint density at radius 3 is 2.45 bits per heavy atom. The first-order chi connectivity index (χ1) is 17.7. The van der Waals surface area contributed by atoms with Crippen LogP contribution in [-0.2, 0) is 19.8 Å². The number of hydrogen-bond donors (Lipinski definition) is 2. The van der Waals surface area contributed by atoms with E-state index >= 15 is 0 Å². The molecule has 16 heteroatoms. The van der Waals surface area contributed by atoms with Crippen LogP contribution in [0, 0.1) is 11.6 Å². The first-order valence-electron chi connectivity index (χ1n) is 10.2. The molecule has 1 heterocycles. The van der Waals surface area contributed by atoms with Crippen molar-refractivity contribution in [1.29, 1.82) is 0 Å². The van der Waals surface area contributed by atoms with Gasteiger partial charge in [-0.1, -0.05) is 18.2 Å². The number of benzene rings is 2. The molecule has 3 N–H and O–H groups in total. The molecule has 0 bridgehead atoms. The van der Waals surface area contributed by atoms with Crippen LogP contribution in [0.15, 0.2) is 58.1 Å². The third-order valence-corrected chi connectivity index (χ3v) is 6.17. The summed E-state index contributed by atoms with van der Waals surface area (Å²) in [5.41, 5.74) is 3.16. The molecule has 0 saturated heterocycles. The van der Waals surface area contributed by atoms with Gasteiger partial charge in [0, 0.05) is 5.56 Å². The molecule has 3 aromatic rings. The number of phosphoric ester groups is 1. The van der Waals surface area contributed by atoms with Crippen LogP contribution >= 0.6 is 23.8 Å². The van der Waals surface area contributed by atoms with Crippen molar-refractivity contribution in [1.82, 2.24) is 4.98 Å². The number of carbonyl (C=O) groups excluding carboxylic acids is 1. The second kappa shape index (κ2) is 11.7. The Hall–Kier alpha value is -3.10. The molecular formula is C22H17BrF5N2O7P. The summed E-state index contributed by atoms with van der Waals surface area (Å²) in [5, 5.41) is 0. The second-order valence-corrected chi connectivity index (χ2v) is 9.48. The average Bonchev–Trinajstić information content (AvgIpc) is 3.22. The van der Waals surface area contributed by atoms with Gasteiger partial charge in [0.25, 0.3) is 5.91 Å². The molecule has 0 aliphatic heterocycles. The van der Waals surface area contributed by atoms with E-state index in [1.54, 1.807) is 0 Å². The summed E-state index contributed by atoms with van der Waals surface area (Å²) in [7, 11) is -4.68. The van der Waals surface area contributed by atoms with Crippen molar-refractivity contribution >= 4 is 29.7 Å². The minimum atomic E-state index is -4.68. The van der Waals surface area contributed by atoms with E-state index < -0.39 is 67.0 Å². The van der Waals surface area contributed by atoms with Crippen LogP contribution in [0.3, 0.4) is 0 Å². The summed E-state index contributed by atoms with van der Waals surface area (Å²) in [6.07, 6.45) is -5.03. The summed E-state index contributed by atoms with van der Waals surface area (Å²) in [4.78, 5) is 25.4. The zero-order chi connectivity index (χ0) is 28.3. The van der Waals surface area contributed by atoms with E-state index in [1.165, 1.54) is 6.08 Å². The van der Waals surface area contributed by atoms with Crippen LogP contribution in [0.2, 0.25) is 0 Å². The summed E-state index contributed by atoms with van der Waals surface area (Å²) in [6, 6.07) is 5.36. The van der Waals surface area contributed by atoms with Crippen molar-refractivity contribution in [2.45, 2.75) is 12.3 Å². The number of amides is 1. The fraction of sp³-hybridized carbons (Fsp3) is 0.182. The van der Waals surface area contributed by atoms with Gasteiger partial charge < -0.3 is 19.8 Å². The number of rotatable bonds is 11. The summed E-state index contributed by atoms with van der Waals surface area (Å²) in [6.45, 7) is 2.10. The van der Waals surface area contributed by atoms with Gasteiger partial charge in [-0.2, -0.15) is 13.2 Å². The van der Waals surface area contributed by atoms with Gasteiger partial charge in [0.15, 0.2) is 22.3 Å². The molecular weight excluding hydrogens is 610 g/mol. The fourth-order valence-electron chi connectivity index (χ4n) is 2.96. The van der Waals surface area contributed by atoms with Crippen LogP contribution in [0.1, 0.15) is 27.9 Å². The van der Waals surface area contributed by atoms with Crippen LogP contribution in [0.25, 0.3) is 11.3 Å². The minimum absolute atomic E-state index is 0.00480. The molecule has 38 heavy (non-hydrogen) atoms. The lowest BCUT2D eigenvalue weighted by atomic mass is 10.1. The molecule has 2 unspecified atom stereocenters. The van der Waals surface area contributed by atoms with Gasteiger partial charge in [0.05, 0.1) is 12.2 Å². The Kier molecular flexibility index (Phi) is 9.10. The lowest BCUT2D eigenvalue weighted by Crippen LogP contribution is -2.19. The topological polar surface area (TPSA) is 134 Å². The third kappa shape index (κ3) is 7.05. The predicted octanol–water partition coefficient (Wildman–Crippen LogP) is 5.94. The largest absolute Gasteiger partial charge is 0.475 e. The van der Waals surface area contributed by atoms with Crippen LogP contribution in [0.5, 0.6) is 5.75 Å². The van der Waals surface area contributed by atoms with Crippen LogP contribution in [-0.4, -0.2) is 29.0 Å². The number of primary amides is 1. The minimum Gasteiger partial charge on any atom is -0.475 e. The van der Waals surface area contributed by atoms with Crippen molar-refractivity contribution in [2.75, 3.05) is 13.2 Å². The van der Waals surface area contributed by atoms with E-state index in [1.807, 2.05) is 0 Å². The van der Waals surface area contributed by atoms with E-state index in [0.717, 1.165) is 30.3 Å². The number of halogens is 6. The molecule has 1 amide bonds. The number of ether oxygens (including phenoxy) is 1. The van der Waals surface area contributed by atoms with Crippen LogP contribution in [0.4, 0.5) is 22.0 Å². The number of aromatic nitrogens is 1. The number of oxazole rings is 1. The highest BCUT2D eigenvalue weighted by Crippen LogP contribution is 2.45. The number of nitrogens with zero attached hydrogens (tertiary/aromatic N) is 1. The SMILES string of the molecule is C=CCOP(=O)(O)OCC(Oc1ccc(F)c(C(N)=O)c1F)c1nc(-c2ccc(C(F)(F)F)cc2)c(Br)o1.